The summed E-state index contributed by atoms with van der Waals surface area (Å²) in [5.41, 5.74) is 2.11. The molecule has 0 aliphatic carbocycles. The summed E-state index contributed by atoms with van der Waals surface area (Å²) >= 11 is 6.48. The molecule has 1 aliphatic heterocycles. The Morgan fingerprint density at radius 3 is 2.26 bits per heavy atom. The van der Waals surface area contributed by atoms with E-state index >= 15 is 0 Å². The average Bonchev–Trinajstić information content (AvgIpc) is 2.68. The van der Waals surface area contributed by atoms with Gasteiger partial charge in [0.15, 0.2) is 0 Å². The highest BCUT2D eigenvalue weighted by Gasteiger charge is 2.19. The first kappa shape index (κ1) is 19.3. The van der Waals surface area contributed by atoms with Crippen LogP contribution in [0.2, 0.25) is 5.02 Å². The number of hydrogen-bond acceptors (Lipinski definition) is 4. The molecule has 3 rings (SSSR count). The van der Waals surface area contributed by atoms with Gasteiger partial charge in [0.25, 0.3) is 5.91 Å². The number of nitrogens with one attached hydrogen (secondary N) is 2. The Balaban J connectivity index is 1.74. The highest BCUT2D eigenvalue weighted by atomic mass is 35.5. The van der Waals surface area contributed by atoms with Crippen LogP contribution < -0.4 is 24.6 Å². The van der Waals surface area contributed by atoms with Crippen molar-refractivity contribution in [1.82, 2.24) is 0 Å². The number of carbonyl (C=O) groups is 1. The second kappa shape index (κ2) is 8.50. The minimum atomic E-state index is -0.251. The Morgan fingerprint density at radius 1 is 1.07 bits per heavy atom. The number of anilines is 2. The van der Waals surface area contributed by atoms with Crippen molar-refractivity contribution in [3.8, 4) is 11.5 Å². The number of likely N-dealkylation sites (N-methyl/N-ethyl adjacent to an activating group) is 1. The molecule has 2 aromatic carbocycles. The zero-order valence-corrected chi connectivity index (χ0v) is 16.6. The number of amides is 1. The first-order valence-electron chi connectivity index (χ1n) is 8.90. The van der Waals surface area contributed by atoms with E-state index in [2.05, 4.69) is 17.3 Å². The zero-order chi connectivity index (χ0) is 19.4. The Morgan fingerprint density at radius 2 is 1.70 bits per heavy atom. The minimum absolute atomic E-state index is 0.251. The van der Waals surface area contributed by atoms with Crippen LogP contribution in [-0.2, 0) is 0 Å². The van der Waals surface area contributed by atoms with Gasteiger partial charge in [0.05, 0.1) is 58.2 Å². The fourth-order valence-electron chi connectivity index (χ4n) is 3.11. The predicted molar refractivity (Wildman–Crippen MR) is 108 cm³/mol. The van der Waals surface area contributed by atoms with Crippen LogP contribution in [0.3, 0.4) is 0 Å². The summed E-state index contributed by atoms with van der Waals surface area (Å²) in [5.74, 6) is 0.870. The lowest BCUT2D eigenvalue weighted by Gasteiger charge is -2.32. The fraction of sp³-hybridized carbons (Fsp3) is 0.350. The van der Waals surface area contributed by atoms with Gasteiger partial charge < -0.3 is 24.6 Å². The maximum atomic E-state index is 12.6. The summed E-state index contributed by atoms with van der Waals surface area (Å²) in [7, 11) is 5.30. The molecule has 7 heteroatoms. The summed E-state index contributed by atoms with van der Waals surface area (Å²) in [6.07, 6.45) is 0. The van der Waals surface area contributed by atoms with Gasteiger partial charge in [-0.25, -0.2) is 0 Å². The monoisotopic (exact) mass is 390 g/mol. The summed E-state index contributed by atoms with van der Waals surface area (Å²) in [6, 6.07) is 10.7. The number of quaternary nitrogens is 1. The molecule has 0 saturated carbocycles. The van der Waals surface area contributed by atoms with Crippen molar-refractivity contribution in [2.24, 2.45) is 0 Å². The number of halogens is 1. The third-order valence-electron chi connectivity index (χ3n) is 4.78. The molecule has 1 heterocycles. The third-order valence-corrected chi connectivity index (χ3v) is 5.08. The van der Waals surface area contributed by atoms with E-state index in [0.717, 1.165) is 31.9 Å². The third kappa shape index (κ3) is 4.64. The molecule has 0 unspecified atom stereocenters. The summed E-state index contributed by atoms with van der Waals surface area (Å²) in [5, 5.41) is 3.52. The van der Waals surface area contributed by atoms with E-state index in [-0.39, 0.29) is 5.91 Å². The molecular formula is C20H25ClN3O3+. The number of piperazine rings is 1. The van der Waals surface area contributed by atoms with Gasteiger partial charge in [-0.15, -0.1) is 0 Å². The lowest BCUT2D eigenvalue weighted by molar-refractivity contribution is -0.880. The molecule has 1 aliphatic rings. The average molecular weight is 391 g/mol. The summed E-state index contributed by atoms with van der Waals surface area (Å²) in [6.45, 7) is 4.13. The number of ether oxygens (including phenoxy) is 2. The Labute approximate surface area is 164 Å². The molecule has 0 aromatic heterocycles. The van der Waals surface area contributed by atoms with Gasteiger partial charge in [0.2, 0.25) is 0 Å². The van der Waals surface area contributed by atoms with Gasteiger partial charge in [-0.2, -0.15) is 0 Å². The van der Waals surface area contributed by atoms with Crippen molar-refractivity contribution in [1.29, 1.82) is 0 Å². The van der Waals surface area contributed by atoms with Gasteiger partial charge in [0.1, 0.15) is 11.5 Å². The van der Waals surface area contributed by atoms with Crippen LogP contribution >= 0.6 is 11.6 Å². The maximum absolute atomic E-state index is 12.6. The number of hydrogen-bond donors (Lipinski definition) is 2. The molecule has 0 atom stereocenters. The molecule has 1 fully saturated rings. The second-order valence-electron chi connectivity index (χ2n) is 6.67. The quantitative estimate of drug-likeness (QED) is 0.819. The number of carbonyl (C=O) groups excluding carboxylic acids is 1. The van der Waals surface area contributed by atoms with E-state index in [0.29, 0.717) is 27.8 Å². The number of benzene rings is 2. The van der Waals surface area contributed by atoms with Crippen molar-refractivity contribution in [2.45, 2.75) is 0 Å². The molecule has 144 valence electrons. The molecule has 27 heavy (non-hydrogen) atoms. The van der Waals surface area contributed by atoms with Crippen LogP contribution in [0.4, 0.5) is 11.4 Å². The topological polar surface area (TPSA) is 55.2 Å². The van der Waals surface area contributed by atoms with E-state index in [4.69, 9.17) is 21.1 Å². The zero-order valence-electron chi connectivity index (χ0n) is 15.8. The Hall–Kier alpha value is -2.44. The van der Waals surface area contributed by atoms with Crippen LogP contribution in [-0.4, -0.2) is 53.4 Å². The Bertz CT molecular complexity index is 798. The van der Waals surface area contributed by atoms with Crippen LogP contribution in [0.25, 0.3) is 0 Å². The van der Waals surface area contributed by atoms with Gasteiger partial charge in [-0.05, 0) is 30.3 Å². The first-order chi connectivity index (χ1) is 13.0. The summed E-state index contributed by atoms with van der Waals surface area (Å²) in [4.78, 5) is 16.4. The molecule has 6 nitrogen and oxygen atoms in total. The standard InChI is InChI=1S/C20H24ClN3O3/c1-23-6-8-24(9-7-23)19-5-4-15(12-18(19)21)22-20(25)14-10-16(26-2)13-17(11-14)27-3/h4-5,10-13H,6-9H2,1-3H3,(H,22,25)/p+1. The minimum Gasteiger partial charge on any atom is -0.497 e. The molecule has 0 bridgehead atoms. The Kier molecular flexibility index (Phi) is 6.08. The molecule has 2 N–H and O–H groups in total. The predicted octanol–water partition coefficient (Wildman–Crippen LogP) is 1.94. The number of rotatable bonds is 5. The maximum Gasteiger partial charge on any atom is 0.255 e. The second-order valence-corrected chi connectivity index (χ2v) is 7.07. The molecule has 1 amide bonds. The van der Waals surface area contributed by atoms with Crippen molar-refractivity contribution in [3.05, 3.63) is 47.0 Å². The largest absolute Gasteiger partial charge is 0.497 e. The van der Waals surface area contributed by atoms with Gasteiger partial charge in [-0.1, -0.05) is 11.6 Å². The van der Waals surface area contributed by atoms with E-state index in [9.17, 15) is 4.79 Å². The molecule has 2 aromatic rings. The normalized spacial score (nSPS) is 14.7. The van der Waals surface area contributed by atoms with E-state index in [1.54, 1.807) is 38.5 Å². The number of nitrogens with zero attached hydrogens (tertiary/aromatic N) is 1. The lowest BCUT2D eigenvalue weighted by Crippen LogP contribution is -3.12. The number of methoxy groups -OCH3 is 2. The van der Waals surface area contributed by atoms with Crippen LogP contribution in [0, 0.1) is 0 Å². The molecule has 0 spiro atoms. The van der Waals surface area contributed by atoms with Gasteiger partial charge in [0, 0.05) is 17.3 Å². The van der Waals surface area contributed by atoms with E-state index in [1.807, 2.05) is 12.1 Å². The van der Waals surface area contributed by atoms with E-state index < -0.39 is 0 Å². The van der Waals surface area contributed by atoms with Gasteiger partial charge >= 0.3 is 0 Å². The summed E-state index contributed by atoms with van der Waals surface area (Å²) < 4.78 is 10.4. The van der Waals surface area contributed by atoms with Crippen molar-refractivity contribution in [3.63, 3.8) is 0 Å². The van der Waals surface area contributed by atoms with Crippen molar-refractivity contribution < 1.29 is 19.2 Å². The molecular weight excluding hydrogens is 366 g/mol. The lowest BCUT2D eigenvalue weighted by atomic mass is 10.1. The van der Waals surface area contributed by atoms with Crippen LogP contribution in [0.5, 0.6) is 11.5 Å². The van der Waals surface area contributed by atoms with E-state index in [1.165, 1.54) is 4.90 Å². The fourth-order valence-corrected chi connectivity index (χ4v) is 3.41. The van der Waals surface area contributed by atoms with Crippen molar-refractivity contribution in [2.75, 3.05) is 57.7 Å². The highest BCUT2D eigenvalue weighted by molar-refractivity contribution is 6.33. The van der Waals surface area contributed by atoms with Crippen LogP contribution in [0.1, 0.15) is 10.4 Å². The highest BCUT2D eigenvalue weighted by Crippen LogP contribution is 2.29. The van der Waals surface area contributed by atoms with Crippen LogP contribution in [0.15, 0.2) is 36.4 Å². The molecule has 0 radical (unpaired) electrons. The SMILES string of the molecule is COc1cc(OC)cc(C(=O)Nc2ccc(N3CC[NH+](C)CC3)c(Cl)c2)c1. The van der Waals surface area contributed by atoms with Gasteiger partial charge in [-0.3, -0.25) is 4.79 Å². The van der Waals surface area contributed by atoms with Crippen molar-refractivity contribution >= 4 is 28.9 Å². The smallest absolute Gasteiger partial charge is 0.255 e. The molecule has 1 saturated heterocycles. The first-order valence-corrected chi connectivity index (χ1v) is 9.28.